The number of fused-ring (bicyclic) bond motifs is 1. The Bertz CT molecular complexity index is 443. The van der Waals surface area contributed by atoms with Crippen molar-refractivity contribution in [3.63, 3.8) is 0 Å². The van der Waals surface area contributed by atoms with Crippen molar-refractivity contribution in [2.24, 2.45) is 5.41 Å². The van der Waals surface area contributed by atoms with Gasteiger partial charge in [-0.2, -0.15) is 13.2 Å². The summed E-state index contributed by atoms with van der Waals surface area (Å²) in [5.74, 6) is 0. The van der Waals surface area contributed by atoms with Gasteiger partial charge < -0.3 is 5.32 Å². The second-order valence-electron chi connectivity index (χ2n) is 5.97. The number of hydrogen-bond acceptors (Lipinski definition) is 1. The average molecular weight is 257 g/mol. The maximum absolute atomic E-state index is 12.6. The zero-order valence-electron chi connectivity index (χ0n) is 10.9. The molecule has 0 bridgehead atoms. The molecule has 1 aromatic carbocycles. The Hall–Kier alpha value is -1.19. The molecule has 0 radical (unpaired) electrons. The van der Waals surface area contributed by atoms with E-state index in [0.29, 0.717) is 12.5 Å². The molecule has 0 aliphatic carbocycles. The molecule has 1 aliphatic heterocycles. The lowest BCUT2D eigenvalue weighted by atomic mass is 9.80. The molecule has 4 heteroatoms. The Morgan fingerprint density at radius 1 is 1.17 bits per heavy atom. The summed E-state index contributed by atoms with van der Waals surface area (Å²) in [4.78, 5) is 0. The summed E-state index contributed by atoms with van der Waals surface area (Å²) in [6.45, 7) is 6.42. The van der Waals surface area contributed by atoms with Crippen molar-refractivity contribution in [2.45, 2.75) is 45.8 Å². The molecule has 100 valence electrons. The summed E-state index contributed by atoms with van der Waals surface area (Å²) in [6, 6.07) is 4.27. The van der Waals surface area contributed by atoms with Crippen LogP contribution in [0.2, 0.25) is 0 Å². The van der Waals surface area contributed by atoms with Crippen LogP contribution in [0.4, 0.5) is 18.9 Å². The highest BCUT2D eigenvalue weighted by molar-refractivity contribution is 5.56. The number of rotatable bonds is 0. The monoisotopic (exact) mass is 257 g/mol. The van der Waals surface area contributed by atoms with Gasteiger partial charge in [0.2, 0.25) is 0 Å². The Morgan fingerprint density at radius 3 is 2.39 bits per heavy atom. The fourth-order valence-electron chi connectivity index (χ4n) is 2.33. The van der Waals surface area contributed by atoms with Crippen LogP contribution in [0.25, 0.3) is 0 Å². The van der Waals surface area contributed by atoms with Crippen molar-refractivity contribution in [3.8, 4) is 0 Å². The maximum atomic E-state index is 12.6. The molecule has 18 heavy (non-hydrogen) atoms. The van der Waals surface area contributed by atoms with Gasteiger partial charge in [-0.3, -0.25) is 0 Å². The minimum absolute atomic E-state index is 0.111. The molecule has 1 atom stereocenters. The Morgan fingerprint density at radius 2 is 1.83 bits per heavy atom. The van der Waals surface area contributed by atoms with E-state index in [0.717, 1.165) is 23.7 Å². The first-order valence-corrected chi connectivity index (χ1v) is 6.14. The molecule has 0 fully saturated rings. The quantitative estimate of drug-likeness (QED) is 0.722. The number of aryl methyl sites for hydroxylation is 1. The summed E-state index contributed by atoms with van der Waals surface area (Å²) < 4.78 is 37.8. The van der Waals surface area contributed by atoms with Crippen molar-refractivity contribution in [3.05, 3.63) is 29.3 Å². The highest BCUT2D eigenvalue weighted by Gasteiger charge is 2.33. The zero-order chi connectivity index (χ0) is 13.6. The molecule has 2 rings (SSSR count). The normalized spacial score (nSPS) is 20.2. The standard InChI is InChI=1S/C14H18F3N/c1-13(2,3)12-7-4-9-8-10(14(15,16)17)5-6-11(9)18-12/h5-6,8,12,18H,4,7H2,1-3H3. The molecule has 1 heterocycles. The predicted octanol–water partition coefficient (Wildman–Crippen LogP) is 4.48. The number of alkyl halides is 3. The Balaban J connectivity index is 2.27. The van der Waals surface area contributed by atoms with E-state index in [2.05, 4.69) is 26.1 Å². The van der Waals surface area contributed by atoms with Gasteiger partial charge in [0, 0.05) is 11.7 Å². The third-order valence-electron chi connectivity index (χ3n) is 3.51. The van der Waals surface area contributed by atoms with Crippen LogP contribution in [0.3, 0.4) is 0 Å². The fourth-order valence-corrected chi connectivity index (χ4v) is 2.33. The van der Waals surface area contributed by atoms with Gasteiger partial charge in [-0.1, -0.05) is 20.8 Å². The van der Waals surface area contributed by atoms with E-state index < -0.39 is 11.7 Å². The molecule has 0 saturated carbocycles. The number of anilines is 1. The first kappa shape index (κ1) is 13.2. The SMILES string of the molecule is CC(C)(C)C1CCc2cc(C(F)(F)F)ccc2N1. The van der Waals surface area contributed by atoms with Crippen LogP contribution in [-0.4, -0.2) is 6.04 Å². The topological polar surface area (TPSA) is 12.0 Å². The van der Waals surface area contributed by atoms with E-state index in [-0.39, 0.29) is 5.41 Å². The molecular formula is C14H18F3N. The molecule has 0 aromatic heterocycles. The summed E-state index contributed by atoms with van der Waals surface area (Å²) >= 11 is 0. The number of hydrogen-bond donors (Lipinski definition) is 1. The highest BCUT2D eigenvalue weighted by Crippen LogP contribution is 2.37. The maximum Gasteiger partial charge on any atom is 0.416 e. The Labute approximate surface area is 105 Å². The van der Waals surface area contributed by atoms with E-state index in [1.807, 2.05) is 0 Å². The largest absolute Gasteiger partial charge is 0.416 e. The van der Waals surface area contributed by atoms with Gasteiger partial charge in [0.05, 0.1) is 5.56 Å². The van der Waals surface area contributed by atoms with Crippen molar-refractivity contribution >= 4 is 5.69 Å². The van der Waals surface area contributed by atoms with Gasteiger partial charge in [0.25, 0.3) is 0 Å². The number of halogens is 3. The van der Waals surface area contributed by atoms with Gasteiger partial charge in [-0.25, -0.2) is 0 Å². The van der Waals surface area contributed by atoms with Crippen molar-refractivity contribution in [1.82, 2.24) is 0 Å². The molecule has 0 amide bonds. The lowest BCUT2D eigenvalue weighted by molar-refractivity contribution is -0.137. The third-order valence-corrected chi connectivity index (χ3v) is 3.51. The minimum atomic E-state index is -4.25. The van der Waals surface area contributed by atoms with Crippen LogP contribution in [0, 0.1) is 5.41 Å². The summed E-state index contributed by atoms with van der Waals surface area (Å²) in [7, 11) is 0. The van der Waals surface area contributed by atoms with Crippen LogP contribution in [0.5, 0.6) is 0 Å². The Kier molecular flexibility index (Phi) is 3.07. The van der Waals surface area contributed by atoms with Crippen molar-refractivity contribution in [1.29, 1.82) is 0 Å². The van der Waals surface area contributed by atoms with Gasteiger partial charge in [0.15, 0.2) is 0 Å². The predicted molar refractivity (Wildman–Crippen MR) is 66.6 cm³/mol. The van der Waals surface area contributed by atoms with Gasteiger partial charge in [-0.05, 0) is 42.0 Å². The van der Waals surface area contributed by atoms with Crippen molar-refractivity contribution in [2.75, 3.05) is 5.32 Å². The minimum Gasteiger partial charge on any atom is -0.382 e. The van der Waals surface area contributed by atoms with Gasteiger partial charge in [0.1, 0.15) is 0 Å². The van der Waals surface area contributed by atoms with Crippen LogP contribution in [-0.2, 0) is 12.6 Å². The third kappa shape index (κ3) is 2.62. The van der Waals surface area contributed by atoms with E-state index in [1.54, 1.807) is 6.07 Å². The van der Waals surface area contributed by atoms with Crippen LogP contribution >= 0.6 is 0 Å². The van der Waals surface area contributed by atoms with E-state index in [4.69, 9.17) is 0 Å². The summed E-state index contributed by atoms with van der Waals surface area (Å²) in [5.41, 5.74) is 1.16. The summed E-state index contributed by atoms with van der Waals surface area (Å²) in [6.07, 6.45) is -2.68. The molecule has 1 N–H and O–H groups in total. The molecule has 1 aromatic rings. The average Bonchev–Trinajstić information content (AvgIpc) is 2.25. The van der Waals surface area contributed by atoms with E-state index in [9.17, 15) is 13.2 Å². The van der Waals surface area contributed by atoms with E-state index >= 15 is 0 Å². The smallest absolute Gasteiger partial charge is 0.382 e. The summed E-state index contributed by atoms with van der Waals surface area (Å²) in [5, 5.41) is 3.35. The van der Waals surface area contributed by atoms with E-state index in [1.165, 1.54) is 6.07 Å². The molecular weight excluding hydrogens is 239 g/mol. The first-order chi connectivity index (χ1) is 8.18. The second kappa shape index (κ2) is 4.18. The second-order valence-corrected chi connectivity index (χ2v) is 5.97. The number of nitrogens with one attached hydrogen (secondary N) is 1. The molecule has 1 unspecified atom stereocenters. The lowest BCUT2D eigenvalue weighted by Gasteiger charge is -2.36. The molecule has 0 saturated heterocycles. The molecule has 0 spiro atoms. The lowest BCUT2D eigenvalue weighted by Crippen LogP contribution is -2.37. The fraction of sp³-hybridized carbons (Fsp3) is 0.571. The number of benzene rings is 1. The van der Waals surface area contributed by atoms with Crippen LogP contribution in [0.15, 0.2) is 18.2 Å². The molecule has 1 aliphatic rings. The van der Waals surface area contributed by atoms with Gasteiger partial charge in [-0.15, -0.1) is 0 Å². The molecule has 1 nitrogen and oxygen atoms in total. The highest BCUT2D eigenvalue weighted by atomic mass is 19.4. The van der Waals surface area contributed by atoms with Crippen LogP contribution < -0.4 is 5.32 Å². The van der Waals surface area contributed by atoms with Crippen molar-refractivity contribution < 1.29 is 13.2 Å². The van der Waals surface area contributed by atoms with Gasteiger partial charge >= 0.3 is 6.18 Å². The van der Waals surface area contributed by atoms with Crippen LogP contribution in [0.1, 0.15) is 38.3 Å². The first-order valence-electron chi connectivity index (χ1n) is 6.14. The zero-order valence-corrected chi connectivity index (χ0v) is 10.9.